The largest absolute Gasteiger partial charge is 0.673 e. The molecule has 4 rings (SSSR count). The van der Waals surface area contributed by atoms with E-state index in [0.717, 1.165) is 35.2 Å². The molecule has 0 atom stereocenters. The fourth-order valence-corrected chi connectivity index (χ4v) is 4.94. The molecule has 0 aliphatic rings. The molecule has 0 fully saturated rings. The van der Waals surface area contributed by atoms with Crippen molar-refractivity contribution in [1.82, 2.24) is 19.5 Å². The van der Waals surface area contributed by atoms with Crippen LogP contribution < -0.4 is 0 Å². The number of aryl methyl sites for hydroxylation is 1. The van der Waals surface area contributed by atoms with E-state index < -0.39 is 37.9 Å². The van der Waals surface area contributed by atoms with Crippen LogP contribution in [0.4, 0.5) is 26.3 Å². The van der Waals surface area contributed by atoms with Gasteiger partial charge in [0.1, 0.15) is 28.5 Å². The maximum Gasteiger partial charge on any atom is 0.433 e. The second-order valence-corrected chi connectivity index (χ2v) is 12.1. The van der Waals surface area contributed by atoms with E-state index in [9.17, 15) is 39.3 Å². The maximum absolute atomic E-state index is 13.5. The van der Waals surface area contributed by atoms with Crippen molar-refractivity contribution < 1.29 is 39.3 Å². The Hall–Kier alpha value is -3.34. The number of imidazole rings is 1. The first-order chi connectivity index (χ1) is 18.1. The Morgan fingerprint density at radius 1 is 0.925 bits per heavy atom. The number of alkyl halides is 6. The Morgan fingerprint density at radius 2 is 1.50 bits per heavy atom. The van der Waals surface area contributed by atoms with Crippen molar-refractivity contribution in [3.05, 3.63) is 71.6 Å². The average molecular weight is 607 g/mol. The van der Waals surface area contributed by atoms with Crippen LogP contribution in [-0.4, -0.2) is 38.0 Å². The van der Waals surface area contributed by atoms with Gasteiger partial charge in [0.05, 0.1) is 11.3 Å². The van der Waals surface area contributed by atoms with Crippen LogP contribution >= 0.6 is 11.3 Å². The molecule has 8 nitrogen and oxygen atoms in total. The Balaban J connectivity index is 0.000000810. The molecule has 0 saturated heterocycles. The van der Waals surface area contributed by atoms with E-state index in [1.165, 1.54) is 19.2 Å². The topological polar surface area (TPSA) is 122 Å². The number of hydrogen-bond donors (Lipinski definition) is 1. The van der Waals surface area contributed by atoms with Crippen LogP contribution in [0, 0.1) is 6.92 Å². The predicted octanol–water partition coefficient (Wildman–Crippen LogP) is 7.49. The molecule has 0 spiro atoms. The molecule has 0 radical (unpaired) electrons. The molecule has 4 aromatic rings. The SMILES string of the molecule is CC(C)(C)[NH-].Cc1nc(-c2cn(-c3cc(-c4ccc(C(F)(F)F)cc4)cc(C(F)(F)F)n3)cn2)sc1S(=O)(=O)O. The van der Waals surface area contributed by atoms with Crippen molar-refractivity contribution in [3.8, 4) is 27.6 Å². The van der Waals surface area contributed by atoms with E-state index in [4.69, 9.17) is 5.73 Å². The second kappa shape index (κ2) is 10.9. The molecule has 216 valence electrons. The first kappa shape index (κ1) is 31.2. The van der Waals surface area contributed by atoms with E-state index in [1.807, 2.05) is 20.8 Å². The molecule has 3 aromatic heterocycles. The highest BCUT2D eigenvalue weighted by Gasteiger charge is 2.34. The van der Waals surface area contributed by atoms with Crippen molar-refractivity contribution in [1.29, 1.82) is 0 Å². The highest BCUT2D eigenvalue weighted by atomic mass is 32.3. The number of aromatic nitrogens is 4. The van der Waals surface area contributed by atoms with Crippen LogP contribution in [-0.2, 0) is 22.5 Å². The second-order valence-electron chi connectivity index (χ2n) is 9.46. The molecule has 0 bridgehead atoms. The Kier molecular flexibility index (Phi) is 8.51. The summed E-state index contributed by atoms with van der Waals surface area (Å²) in [6, 6.07) is 5.57. The highest BCUT2D eigenvalue weighted by molar-refractivity contribution is 7.88. The van der Waals surface area contributed by atoms with Gasteiger partial charge in [-0.2, -0.15) is 34.8 Å². The molecule has 2 N–H and O–H groups in total. The molecule has 0 saturated carbocycles. The molecule has 16 heteroatoms. The summed E-state index contributed by atoms with van der Waals surface area (Å²) in [5.74, 6) is -0.239. The van der Waals surface area contributed by atoms with Gasteiger partial charge < -0.3 is 5.73 Å². The maximum atomic E-state index is 13.5. The van der Waals surface area contributed by atoms with Gasteiger partial charge in [0, 0.05) is 6.20 Å². The zero-order chi connectivity index (χ0) is 30.3. The van der Waals surface area contributed by atoms with E-state index in [0.29, 0.717) is 17.4 Å². The smallest absolute Gasteiger partial charge is 0.433 e. The first-order valence-corrected chi connectivity index (χ1v) is 13.4. The normalized spacial score (nSPS) is 12.7. The lowest BCUT2D eigenvalue weighted by Crippen LogP contribution is -2.10. The van der Waals surface area contributed by atoms with Crippen LogP contribution in [0.15, 0.2) is 53.1 Å². The van der Waals surface area contributed by atoms with Gasteiger partial charge in [-0.1, -0.05) is 44.2 Å². The van der Waals surface area contributed by atoms with Gasteiger partial charge >= 0.3 is 22.5 Å². The number of pyridine rings is 1. The van der Waals surface area contributed by atoms with Crippen LogP contribution in [0.2, 0.25) is 0 Å². The number of hydrogen-bond acceptors (Lipinski definition) is 6. The third-order valence-corrected chi connectivity index (χ3v) is 7.32. The van der Waals surface area contributed by atoms with E-state index in [1.54, 1.807) is 0 Å². The van der Waals surface area contributed by atoms with Gasteiger partial charge in [-0.05, 0) is 42.3 Å². The highest BCUT2D eigenvalue weighted by Crippen LogP contribution is 2.35. The third-order valence-electron chi connectivity index (χ3n) is 4.70. The number of thiazole rings is 1. The van der Waals surface area contributed by atoms with E-state index >= 15 is 0 Å². The van der Waals surface area contributed by atoms with Crippen LogP contribution in [0.25, 0.3) is 33.4 Å². The zero-order valence-electron chi connectivity index (χ0n) is 21.3. The van der Waals surface area contributed by atoms with E-state index in [-0.39, 0.29) is 38.9 Å². The van der Waals surface area contributed by atoms with Crippen molar-refractivity contribution in [3.63, 3.8) is 0 Å². The summed E-state index contributed by atoms with van der Waals surface area (Å²) >= 11 is 0.622. The molecule has 40 heavy (non-hydrogen) atoms. The standard InChI is InChI=1S/C20H12F6N4O3S2.C4H10N/c1-10-18(35(31,32)33)34-17(28-10)14-8-30(9-27-14)16-7-12(6-15(29-16)20(24,25)26)11-2-4-13(5-3-11)19(21,22)23;1-4(2,3)5/h2-9H,1H3,(H,31,32,33);5H,1-3H3/q;-1. The van der Waals surface area contributed by atoms with Gasteiger partial charge in [-0.15, -0.1) is 5.54 Å². The molecule has 0 aliphatic heterocycles. The molecular weight excluding hydrogens is 584 g/mol. The molecule has 0 amide bonds. The number of nitrogens with zero attached hydrogens (tertiary/aromatic N) is 4. The number of rotatable bonds is 4. The lowest BCUT2D eigenvalue weighted by molar-refractivity contribution is -0.141. The molecule has 0 unspecified atom stereocenters. The number of nitrogens with one attached hydrogen (secondary N) is 1. The average Bonchev–Trinajstić information content (AvgIpc) is 3.43. The van der Waals surface area contributed by atoms with Crippen molar-refractivity contribution >= 4 is 21.5 Å². The lowest BCUT2D eigenvalue weighted by Gasteiger charge is -2.20. The summed E-state index contributed by atoms with van der Waals surface area (Å²) in [5.41, 5.74) is 4.64. The van der Waals surface area contributed by atoms with Gasteiger partial charge in [-0.3, -0.25) is 9.12 Å². The summed E-state index contributed by atoms with van der Waals surface area (Å²) < 4.78 is 112. The van der Waals surface area contributed by atoms with E-state index in [2.05, 4.69) is 15.0 Å². The minimum atomic E-state index is -4.85. The first-order valence-electron chi connectivity index (χ1n) is 11.1. The van der Waals surface area contributed by atoms with Crippen molar-refractivity contribution in [2.45, 2.75) is 49.8 Å². The van der Waals surface area contributed by atoms with Gasteiger partial charge in [-0.25, -0.2) is 15.0 Å². The summed E-state index contributed by atoms with van der Waals surface area (Å²) in [7, 11) is -4.52. The zero-order valence-corrected chi connectivity index (χ0v) is 22.9. The lowest BCUT2D eigenvalue weighted by atomic mass is 10.0. The van der Waals surface area contributed by atoms with Gasteiger partial charge in [0.15, 0.2) is 4.21 Å². The minimum Gasteiger partial charge on any atom is -0.673 e. The van der Waals surface area contributed by atoms with Crippen LogP contribution in [0.3, 0.4) is 0 Å². The summed E-state index contributed by atoms with van der Waals surface area (Å²) in [6.45, 7) is 6.91. The monoisotopic (exact) mass is 606 g/mol. The molecule has 0 aliphatic carbocycles. The molecule has 1 aromatic carbocycles. The minimum absolute atomic E-state index is 0.0174. The number of benzene rings is 1. The Labute approximate surface area is 229 Å². The van der Waals surface area contributed by atoms with Crippen molar-refractivity contribution in [2.75, 3.05) is 0 Å². The Bertz CT molecular complexity index is 1600. The summed E-state index contributed by atoms with van der Waals surface area (Å²) in [6.07, 6.45) is -7.07. The third kappa shape index (κ3) is 8.09. The molecular formula is C24H22F6N5O3S2-. The predicted molar refractivity (Wildman–Crippen MR) is 137 cm³/mol. The Morgan fingerprint density at radius 3 is 1.98 bits per heavy atom. The van der Waals surface area contributed by atoms with Crippen LogP contribution in [0.5, 0.6) is 0 Å². The molecule has 3 heterocycles. The summed E-state index contributed by atoms with van der Waals surface area (Å²) in [5, 5.41) is 0.0869. The van der Waals surface area contributed by atoms with Crippen LogP contribution in [0.1, 0.15) is 37.7 Å². The van der Waals surface area contributed by atoms with Gasteiger partial charge in [0.2, 0.25) is 0 Å². The fourth-order valence-electron chi connectivity index (χ4n) is 3.10. The fraction of sp³-hybridized carbons (Fsp3) is 0.292. The quantitative estimate of drug-likeness (QED) is 0.190. The summed E-state index contributed by atoms with van der Waals surface area (Å²) in [4.78, 5) is 11.6. The van der Waals surface area contributed by atoms with Gasteiger partial charge in [0.25, 0.3) is 0 Å². The number of halogens is 6. The van der Waals surface area contributed by atoms with Crippen molar-refractivity contribution in [2.24, 2.45) is 0 Å².